The summed E-state index contributed by atoms with van der Waals surface area (Å²) in [5.74, 6) is -1.67. The van der Waals surface area contributed by atoms with Gasteiger partial charge in [0.1, 0.15) is 5.82 Å². The molecule has 1 atom stereocenters. The molecule has 6 nitrogen and oxygen atoms in total. The number of carbonyl (C=O) groups is 2. The van der Waals surface area contributed by atoms with Crippen molar-refractivity contribution in [3.8, 4) is 0 Å². The summed E-state index contributed by atoms with van der Waals surface area (Å²) in [4.78, 5) is 29.4. The quantitative estimate of drug-likeness (QED) is 0.741. The molecule has 0 aliphatic carbocycles. The van der Waals surface area contributed by atoms with Gasteiger partial charge in [0, 0.05) is 38.4 Å². The molecule has 160 valence electrons. The fraction of sp³-hybridized carbons (Fsp3) is 0.391. The zero-order chi connectivity index (χ0) is 21.7. The number of amides is 2. The van der Waals surface area contributed by atoms with Crippen LogP contribution in [-0.2, 0) is 9.59 Å². The molecule has 1 heterocycles. The van der Waals surface area contributed by atoms with Crippen molar-refractivity contribution in [3.63, 3.8) is 0 Å². The Kier molecular flexibility index (Phi) is 7.18. The lowest BCUT2D eigenvalue weighted by Crippen LogP contribution is -2.49. The second kappa shape index (κ2) is 9.82. The molecule has 2 aromatic carbocycles. The van der Waals surface area contributed by atoms with Crippen LogP contribution in [0.2, 0.25) is 0 Å². The summed E-state index contributed by atoms with van der Waals surface area (Å²) in [6, 6.07) is 11.9. The van der Waals surface area contributed by atoms with E-state index in [1.165, 1.54) is 12.1 Å². The van der Waals surface area contributed by atoms with E-state index in [0.29, 0.717) is 5.69 Å². The van der Waals surface area contributed by atoms with Gasteiger partial charge in [0.2, 0.25) is 0 Å². The third-order valence-corrected chi connectivity index (χ3v) is 5.62. The third-order valence-electron chi connectivity index (χ3n) is 5.62. The van der Waals surface area contributed by atoms with Gasteiger partial charge in [0.25, 0.3) is 0 Å². The first kappa shape index (κ1) is 21.9. The number of anilines is 1. The number of carbonyl (C=O) groups excluding carboxylic acids is 2. The number of nitrogens with zero attached hydrogens (tertiary/aromatic N) is 2. The Labute approximate surface area is 177 Å². The van der Waals surface area contributed by atoms with Gasteiger partial charge in [-0.25, -0.2) is 4.39 Å². The highest BCUT2D eigenvalue weighted by Crippen LogP contribution is 2.22. The molecular formula is C23H29FN4O2. The molecule has 2 amide bonds. The van der Waals surface area contributed by atoms with Crippen molar-refractivity contribution in [1.29, 1.82) is 0 Å². The highest BCUT2D eigenvalue weighted by Gasteiger charge is 2.25. The van der Waals surface area contributed by atoms with Crippen LogP contribution >= 0.6 is 0 Å². The molecule has 1 aliphatic rings. The Morgan fingerprint density at radius 2 is 1.57 bits per heavy atom. The van der Waals surface area contributed by atoms with Crippen LogP contribution in [0.5, 0.6) is 0 Å². The summed E-state index contributed by atoms with van der Waals surface area (Å²) in [5, 5.41) is 5.48. The number of halogens is 1. The average molecular weight is 413 g/mol. The molecular weight excluding hydrogens is 383 g/mol. The van der Waals surface area contributed by atoms with Gasteiger partial charge < -0.3 is 15.5 Å². The minimum atomic E-state index is -0.691. The molecule has 2 N–H and O–H groups in total. The summed E-state index contributed by atoms with van der Waals surface area (Å²) in [6.45, 7) is 7.55. The Bertz CT molecular complexity index is 872. The fourth-order valence-electron chi connectivity index (χ4n) is 3.73. The lowest BCUT2D eigenvalue weighted by atomic mass is 10.0. The van der Waals surface area contributed by atoms with Gasteiger partial charge in [-0.3, -0.25) is 14.5 Å². The van der Waals surface area contributed by atoms with E-state index in [1.54, 1.807) is 12.1 Å². The fourth-order valence-corrected chi connectivity index (χ4v) is 3.73. The van der Waals surface area contributed by atoms with Crippen LogP contribution in [0.25, 0.3) is 0 Å². The molecule has 1 unspecified atom stereocenters. The van der Waals surface area contributed by atoms with Gasteiger partial charge in [0.15, 0.2) is 0 Å². The lowest BCUT2D eigenvalue weighted by Gasteiger charge is -2.38. The molecule has 1 saturated heterocycles. The third kappa shape index (κ3) is 5.43. The topological polar surface area (TPSA) is 64.7 Å². The Morgan fingerprint density at radius 1 is 0.967 bits per heavy atom. The maximum atomic E-state index is 13.4. The number of piperazine rings is 1. The van der Waals surface area contributed by atoms with Gasteiger partial charge in [0.05, 0.1) is 6.04 Å². The number of hydrogen-bond donors (Lipinski definition) is 2. The van der Waals surface area contributed by atoms with Gasteiger partial charge in [-0.15, -0.1) is 0 Å². The number of rotatable bonds is 5. The van der Waals surface area contributed by atoms with Crippen molar-refractivity contribution in [2.24, 2.45) is 0 Å². The van der Waals surface area contributed by atoms with Crippen LogP contribution in [0.4, 0.5) is 10.1 Å². The first-order valence-electron chi connectivity index (χ1n) is 10.2. The minimum absolute atomic E-state index is 0.128. The number of benzene rings is 2. The van der Waals surface area contributed by atoms with Crippen molar-refractivity contribution >= 4 is 17.5 Å². The second-order valence-electron chi connectivity index (χ2n) is 7.84. The average Bonchev–Trinajstić information content (AvgIpc) is 2.73. The zero-order valence-electron chi connectivity index (χ0n) is 17.7. The number of nitrogens with one attached hydrogen (secondary N) is 2. The van der Waals surface area contributed by atoms with Crippen LogP contribution in [0.15, 0.2) is 42.5 Å². The Hall–Kier alpha value is -2.77. The number of likely N-dealkylation sites (N-methyl/N-ethyl adjacent to an activating group) is 1. The molecule has 7 heteroatoms. The maximum Gasteiger partial charge on any atom is 0.313 e. The number of hydrogen-bond acceptors (Lipinski definition) is 4. The molecule has 0 aromatic heterocycles. The number of aryl methyl sites for hydroxylation is 2. The standard InChI is InChI=1S/C23H29FN4O2/c1-16-5-4-6-17(2)21(16)26-23(30)22(29)25-15-20(18-7-9-19(24)10-8-18)28-13-11-27(3)12-14-28/h4-10,20H,11-15H2,1-3H3,(H,25,29)(H,26,30). The first-order valence-corrected chi connectivity index (χ1v) is 10.2. The van der Waals surface area contributed by atoms with E-state index in [0.717, 1.165) is 42.9 Å². The maximum absolute atomic E-state index is 13.4. The molecule has 0 radical (unpaired) electrons. The second-order valence-corrected chi connectivity index (χ2v) is 7.84. The Morgan fingerprint density at radius 3 is 2.17 bits per heavy atom. The van der Waals surface area contributed by atoms with Crippen molar-refractivity contribution in [1.82, 2.24) is 15.1 Å². The van der Waals surface area contributed by atoms with Crippen LogP contribution < -0.4 is 10.6 Å². The van der Waals surface area contributed by atoms with E-state index in [4.69, 9.17) is 0 Å². The van der Waals surface area contributed by atoms with Crippen LogP contribution in [0.3, 0.4) is 0 Å². The predicted molar refractivity (Wildman–Crippen MR) is 116 cm³/mol. The highest BCUT2D eigenvalue weighted by molar-refractivity contribution is 6.39. The molecule has 3 rings (SSSR count). The smallest absolute Gasteiger partial charge is 0.313 e. The van der Waals surface area contributed by atoms with Gasteiger partial charge in [-0.05, 0) is 49.7 Å². The van der Waals surface area contributed by atoms with Crippen LogP contribution in [0, 0.1) is 19.7 Å². The Balaban J connectivity index is 1.67. The zero-order valence-corrected chi connectivity index (χ0v) is 17.7. The molecule has 30 heavy (non-hydrogen) atoms. The van der Waals surface area contributed by atoms with Crippen molar-refractivity contribution < 1.29 is 14.0 Å². The summed E-state index contributed by atoms with van der Waals surface area (Å²) in [5.41, 5.74) is 3.37. The largest absolute Gasteiger partial charge is 0.346 e. The lowest BCUT2D eigenvalue weighted by molar-refractivity contribution is -0.136. The van der Waals surface area contributed by atoms with Crippen molar-refractivity contribution in [3.05, 3.63) is 65.0 Å². The molecule has 0 bridgehead atoms. The minimum Gasteiger partial charge on any atom is -0.346 e. The summed E-state index contributed by atoms with van der Waals surface area (Å²) in [6.07, 6.45) is 0. The molecule has 0 saturated carbocycles. The van der Waals surface area contributed by atoms with Crippen molar-refractivity contribution in [2.45, 2.75) is 19.9 Å². The van der Waals surface area contributed by atoms with Gasteiger partial charge in [-0.2, -0.15) is 0 Å². The summed E-state index contributed by atoms with van der Waals surface area (Å²) < 4.78 is 13.4. The predicted octanol–water partition coefficient (Wildman–Crippen LogP) is 2.49. The monoisotopic (exact) mass is 412 g/mol. The van der Waals surface area contributed by atoms with E-state index in [2.05, 4.69) is 27.5 Å². The van der Waals surface area contributed by atoms with Crippen LogP contribution in [-0.4, -0.2) is 61.4 Å². The van der Waals surface area contributed by atoms with E-state index < -0.39 is 11.8 Å². The first-order chi connectivity index (χ1) is 14.3. The molecule has 0 spiro atoms. The molecule has 2 aromatic rings. The van der Waals surface area contributed by atoms with E-state index in [1.807, 2.05) is 32.0 Å². The van der Waals surface area contributed by atoms with Crippen molar-refractivity contribution in [2.75, 3.05) is 45.1 Å². The SMILES string of the molecule is Cc1cccc(C)c1NC(=O)C(=O)NCC(c1ccc(F)cc1)N1CCN(C)CC1. The number of para-hydroxylation sites is 1. The van der Waals surface area contributed by atoms with E-state index in [9.17, 15) is 14.0 Å². The van der Waals surface area contributed by atoms with Gasteiger partial charge in [-0.1, -0.05) is 30.3 Å². The van der Waals surface area contributed by atoms with Crippen LogP contribution in [0.1, 0.15) is 22.7 Å². The highest BCUT2D eigenvalue weighted by atomic mass is 19.1. The van der Waals surface area contributed by atoms with E-state index >= 15 is 0 Å². The summed E-state index contributed by atoms with van der Waals surface area (Å²) in [7, 11) is 2.07. The molecule has 1 aliphatic heterocycles. The summed E-state index contributed by atoms with van der Waals surface area (Å²) >= 11 is 0. The van der Waals surface area contributed by atoms with E-state index in [-0.39, 0.29) is 18.4 Å². The molecule has 1 fully saturated rings. The normalized spacial score (nSPS) is 16.1. The van der Waals surface area contributed by atoms with Gasteiger partial charge >= 0.3 is 11.8 Å².